The minimum Gasteiger partial charge on any atom is -0.379 e. The lowest BCUT2D eigenvalue weighted by Gasteiger charge is -2.36. The lowest BCUT2D eigenvalue weighted by molar-refractivity contribution is 0.0243. The maximum atomic E-state index is 12.5. The van der Waals surface area contributed by atoms with Gasteiger partial charge in [0.05, 0.1) is 24.8 Å². The van der Waals surface area contributed by atoms with Crippen LogP contribution in [-0.2, 0) is 4.74 Å². The van der Waals surface area contributed by atoms with Crippen LogP contribution in [0, 0.1) is 17.2 Å². The Kier molecular flexibility index (Phi) is 5.27. The molecule has 2 heterocycles. The van der Waals surface area contributed by atoms with E-state index in [2.05, 4.69) is 11.0 Å². The second kappa shape index (κ2) is 7.58. The molecule has 0 aromatic heterocycles. The fraction of sp³-hybridized carbons (Fsp3) is 0.556. The third-order valence-corrected chi connectivity index (χ3v) is 4.78. The van der Waals surface area contributed by atoms with E-state index in [-0.39, 0.29) is 5.91 Å². The van der Waals surface area contributed by atoms with E-state index in [1.165, 1.54) is 0 Å². The summed E-state index contributed by atoms with van der Waals surface area (Å²) in [5.41, 5.74) is 1.27. The van der Waals surface area contributed by atoms with Gasteiger partial charge in [0.2, 0.25) is 0 Å². The van der Waals surface area contributed by atoms with Crippen LogP contribution in [0.5, 0.6) is 0 Å². The van der Waals surface area contributed by atoms with E-state index >= 15 is 0 Å². The number of amides is 1. The molecular weight excluding hydrogens is 290 g/mol. The number of benzene rings is 1. The summed E-state index contributed by atoms with van der Waals surface area (Å²) < 4.78 is 5.39. The van der Waals surface area contributed by atoms with Gasteiger partial charge in [-0.15, -0.1) is 0 Å². The third-order valence-electron chi connectivity index (χ3n) is 4.78. The Labute approximate surface area is 137 Å². The summed E-state index contributed by atoms with van der Waals surface area (Å²) in [5.74, 6) is 0.762. The van der Waals surface area contributed by atoms with Crippen molar-refractivity contribution in [3.8, 4) is 6.07 Å². The van der Waals surface area contributed by atoms with Crippen molar-refractivity contribution in [2.45, 2.75) is 12.8 Å². The van der Waals surface area contributed by atoms with Gasteiger partial charge in [-0.05, 0) is 43.0 Å². The molecule has 1 amide bonds. The molecule has 122 valence electrons. The molecule has 0 unspecified atom stereocenters. The average Bonchev–Trinajstić information content (AvgIpc) is 2.63. The molecular formula is C18H23N3O2. The summed E-state index contributed by atoms with van der Waals surface area (Å²) in [5, 5.41) is 8.82. The Hall–Kier alpha value is -1.90. The molecule has 0 saturated carbocycles. The van der Waals surface area contributed by atoms with Crippen LogP contribution in [0.1, 0.15) is 28.8 Å². The second-order valence-corrected chi connectivity index (χ2v) is 6.34. The molecule has 2 fully saturated rings. The molecule has 0 radical (unpaired) electrons. The van der Waals surface area contributed by atoms with E-state index in [0.717, 1.165) is 58.8 Å². The van der Waals surface area contributed by atoms with Crippen LogP contribution in [0.4, 0.5) is 0 Å². The van der Waals surface area contributed by atoms with Crippen molar-refractivity contribution in [2.24, 2.45) is 5.92 Å². The highest BCUT2D eigenvalue weighted by Crippen LogP contribution is 2.20. The van der Waals surface area contributed by atoms with Crippen LogP contribution in [0.2, 0.25) is 0 Å². The fourth-order valence-corrected chi connectivity index (χ4v) is 3.34. The monoisotopic (exact) mass is 313 g/mol. The van der Waals surface area contributed by atoms with Gasteiger partial charge >= 0.3 is 0 Å². The summed E-state index contributed by atoms with van der Waals surface area (Å²) in [6.07, 6.45) is 2.14. The van der Waals surface area contributed by atoms with E-state index in [1.54, 1.807) is 24.3 Å². The molecule has 0 N–H and O–H groups in total. The highest BCUT2D eigenvalue weighted by atomic mass is 16.5. The number of carbonyl (C=O) groups excluding carboxylic acids is 1. The number of hydrogen-bond acceptors (Lipinski definition) is 4. The Bertz CT molecular complexity index is 565. The largest absolute Gasteiger partial charge is 0.379 e. The zero-order chi connectivity index (χ0) is 16.1. The molecule has 5 nitrogen and oxygen atoms in total. The first-order valence-electron chi connectivity index (χ1n) is 8.36. The summed E-state index contributed by atoms with van der Waals surface area (Å²) in [7, 11) is 0. The van der Waals surface area contributed by atoms with Crippen molar-refractivity contribution in [2.75, 3.05) is 45.9 Å². The molecule has 1 aromatic rings. The first-order valence-corrected chi connectivity index (χ1v) is 8.36. The first-order chi connectivity index (χ1) is 11.3. The fourth-order valence-electron chi connectivity index (χ4n) is 3.34. The van der Waals surface area contributed by atoms with Crippen molar-refractivity contribution >= 4 is 5.91 Å². The third kappa shape index (κ3) is 4.10. The van der Waals surface area contributed by atoms with E-state index < -0.39 is 0 Å². The zero-order valence-corrected chi connectivity index (χ0v) is 13.4. The number of carbonyl (C=O) groups is 1. The summed E-state index contributed by atoms with van der Waals surface area (Å²) >= 11 is 0. The standard InChI is InChI=1S/C18H23N3O2/c19-13-15-1-3-17(4-2-15)18(22)21-7-5-16(6-8-21)14-20-9-11-23-12-10-20/h1-4,16H,5-12,14H2. The molecule has 0 aliphatic carbocycles. The smallest absolute Gasteiger partial charge is 0.253 e. The molecule has 2 aliphatic rings. The van der Waals surface area contributed by atoms with Crippen molar-refractivity contribution in [3.05, 3.63) is 35.4 Å². The van der Waals surface area contributed by atoms with Gasteiger partial charge in [-0.25, -0.2) is 0 Å². The Morgan fingerprint density at radius 1 is 1.13 bits per heavy atom. The van der Waals surface area contributed by atoms with Gasteiger partial charge in [0.15, 0.2) is 0 Å². The highest BCUT2D eigenvalue weighted by molar-refractivity contribution is 5.94. The number of rotatable bonds is 3. The number of nitrogens with zero attached hydrogens (tertiary/aromatic N) is 3. The molecule has 2 aliphatic heterocycles. The lowest BCUT2D eigenvalue weighted by atomic mass is 9.95. The summed E-state index contributed by atoms with van der Waals surface area (Å²) in [4.78, 5) is 16.9. The van der Waals surface area contributed by atoms with Crippen LogP contribution in [0.3, 0.4) is 0 Å². The van der Waals surface area contributed by atoms with Gasteiger partial charge < -0.3 is 9.64 Å². The average molecular weight is 313 g/mol. The minimum atomic E-state index is 0.0827. The van der Waals surface area contributed by atoms with Crippen LogP contribution in [0.15, 0.2) is 24.3 Å². The molecule has 5 heteroatoms. The molecule has 1 aromatic carbocycles. The van der Waals surface area contributed by atoms with Gasteiger partial charge in [0, 0.05) is 38.3 Å². The van der Waals surface area contributed by atoms with Crippen LogP contribution >= 0.6 is 0 Å². The van der Waals surface area contributed by atoms with Gasteiger partial charge in [0.1, 0.15) is 0 Å². The molecule has 0 atom stereocenters. The molecule has 0 bridgehead atoms. The number of morpholine rings is 1. The molecule has 3 rings (SSSR count). The molecule has 2 saturated heterocycles. The van der Waals surface area contributed by atoms with Crippen LogP contribution in [0.25, 0.3) is 0 Å². The van der Waals surface area contributed by atoms with Gasteiger partial charge in [-0.3, -0.25) is 9.69 Å². The second-order valence-electron chi connectivity index (χ2n) is 6.34. The topological polar surface area (TPSA) is 56.6 Å². The van der Waals surface area contributed by atoms with Crippen molar-refractivity contribution < 1.29 is 9.53 Å². The Morgan fingerprint density at radius 2 is 1.78 bits per heavy atom. The molecule has 0 spiro atoms. The van der Waals surface area contributed by atoms with E-state index in [1.807, 2.05) is 4.90 Å². The van der Waals surface area contributed by atoms with E-state index in [4.69, 9.17) is 10.00 Å². The van der Waals surface area contributed by atoms with Gasteiger partial charge in [0.25, 0.3) is 5.91 Å². The number of ether oxygens (including phenoxy) is 1. The highest BCUT2D eigenvalue weighted by Gasteiger charge is 2.25. The number of likely N-dealkylation sites (tertiary alicyclic amines) is 1. The van der Waals surface area contributed by atoms with E-state index in [9.17, 15) is 4.79 Å². The van der Waals surface area contributed by atoms with Crippen LogP contribution < -0.4 is 0 Å². The van der Waals surface area contributed by atoms with Crippen LogP contribution in [-0.4, -0.2) is 61.6 Å². The first kappa shape index (κ1) is 16.0. The summed E-state index contributed by atoms with van der Waals surface area (Å²) in [6.45, 7) is 6.53. The maximum absolute atomic E-state index is 12.5. The van der Waals surface area contributed by atoms with Gasteiger partial charge in [-0.2, -0.15) is 5.26 Å². The van der Waals surface area contributed by atoms with Crippen molar-refractivity contribution in [3.63, 3.8) is 0 Å². The normalized spacial score (nSPS) is 20.2. The Balaban J connectivity index is 1.49. The zero-order valence-electron chi connectivity index (χ0n) is 13.4. The minimum absolute atomic E-state index is 0.0827. The predicted octanol–water partition coefficient (Wildman–Crippen LogP) is 1.74. The number of hydrogen-bond donors (Lipinski definition) is 0. The van der Waals surface area contributed by atoms with Gasteiger partial charge in [-0.1, -0.05) is 0 Å². The number of nitriles is 1. The van der Waals surface area contributed by atoms with Crippen molar-refractivity contribution in [1.29, 1.82) is 5.26 Å². The van der Waals surface area contributed by atoms with Crippen molar-refractivity contribution in [1.82, 2.24) is 9.80 Å². The SMILES string of the molecule is N#Cc1ccc(C(=O)N2CCC(CN3CCOCC3)CC2)cc1. The maximum Gasteiger partial charge on any atom is 0.253 e. The quantitative estimate of drug-likeness (QED) is 0.853. The summed E-state index contributed by atoms with van der Waals surface area (Å²) in [6, 6.07) is 8.99. The Morgan fingerprint density at radius 3 is 2.39 bits per heavy atom. The van der Waals surface area contributed by atoms with E-state index in [0.29, 0.717) is 17.0 Å². The lowest BCUT2D eigenvalue weighted by Crippen LogP contribution is -2.44. The predicted molar refractivity (Wildman–Crippen MR) is 87.0 cm³/mol. The number of piperidine rings is 1. The molecule has 23 heavy (non-hydrogen) atoms.